The predicted molar refractivity (Wildman–Crippen MR) is 132 cm³/mol. The second-order valence-corrected chi connectivity index (χ2v) is 8.09. The summed E-state index contributed by atoms with van der Waals surface area (Å²) >= 11 is 1.29. The van der Waals surface area contributed by atoms with Crippen LogP contribution in [0.15, 0.2) is 70.6 Å². The van der Waals surface area contributed by atoms with Gasteiger partial charge in [0, 0.05) is 5.69 Å². The summed E-state index contributed by atoms with van der Waals surface area (Å²) in [6.07, 6.45) is 1.79. The highest BCUT2D eigenvalue weighted by atomic mass is 32.2. The molecule has 1 aliphatic rings. The third kappa shape index (κ3) is 4.70. The summed E-state index contributed by atoms with van der Waals surface area (Å²) in [6, 6.07) is 18.6. The van der Waals surface area contributed by atoms with Crippen LogP contribution in [0.4, 0.5) is 11.5 Å². The lowest BCUT2D eigenvalue weighted by molar-refractivity contribution is -0.113. The maximum absolute atomic E-state index is 13.5. The van der Waals surface area contributed by atoms with E-state index in [0.29, 0.717) is 33.1 Å². The molecule has 168 valence electrons. The number of hydrogen-bond acceptors (Lipinski definition) is 7. The van der Waals surface area contributed by atoms with Gasteiger partial charge in [-0.3, -0.25) is 9.69 Å². The van der Waals surface area contributed by atoms with Crippen LogP contribution in [0.3, 0.4) is 0 Å². The van der Waals surface area contributed by atoms with Gasteiger partial charge in [-0.05, 0) is 66.7 Å². The topological polar surface area (TPSA) is 73.3 Å². The molecule has 1 aromatic heterocycles. The molecule has 0 saturated carbocycles. The number of carbonyl (C=O) groups excluding carboxylic acids is 1. The highest BCUT2D eigenvalue weighted by Crippen LogP contribution is 2.41. The molecule has 7 nitrogen and oxygen atoms in total. The summed E-state index contributed by atoms with van der Waals surface area (Å²) in [6.45, 7) is 1.90. The van der Waals surface area contributed by atoms with Crippen LogP contribution in [0.1, 0.15) is 11.3 Å². The summed E-state index contributed by atoms with van der Waals surface area (Å²) in [5.41, 5.74) is 2.32. The Morgan fingerprint density at radius 1 is 0.939 bits per heavy atom. The number of aliphatic imine (C=N–C) groups is 1. The minimum atomic E-state index is -0.175. The smallest absolute Gasteiger partial charge is 0.271 e. The number of carbonyl (C=O) groups is 1. The van der Waals surface area contributed by atoms with Gasteiger partial charge in [0.05, 0.1) is 31.9 Å². The van der Waals surface area contributed by atoms with Crippen molar-refractivity contribution < 1.29 is 19.0 Å². The molecule has 3 aromatic rings. The zero-order valence-electron chi connectivity index (χ0n) is 18.7. The fraction of sp³-hybridized carbons (Fsp3) is 0.160. The first-order valence-corrected chi connectivity index (χ1v) is 11.0. The lowest BCUT2D eigenvalue weighted by Crippen LogP contribution is -2.28. The van der Waals surface area contributed by atoms with Gasteiger partial charge in [-0.1, -0.05) is 24.3 Å². The maximum atomic E-state index is 13.5. The molecule has 2 heterocycles. The van der Waals surface area contributed by atoms with Crippen LogP contribution in [-0.4, -0.2) is 37.4 Å². The largest absolute Gasteiger partial charge is 0.493 e. The van der Waals surface area contributed by atoms with Crippen molar-refractivity contribution in [2.45, 2.75) is 6.92 Å². The SMILES string of the molecule is COc1cc(/C=C2\S/C(=N/c3cccc(C)n3)N(c3ccccc3)C2=O)cc(OC)c1OC. The van der Waals surface area contributed by atoms with E-state index in [4.69, 9.17) is 14.2 Å². The Hall–Kier alpha value is -3.78. The fourth-order valence-corrected chi connectivity index (χ4v) is 4.37. The summed E-state index contributed by atoms with van der Waals surface area (Å²) in [7, 11) is 4.66. The van der Waals surface area contributed by atoms with E-state index >= 15 is 0 Å². The summed E-state index contributed by atoms with van der Waals surface area (Å²) < 4.78 is 16.3. The number of benzene rings is 2. The number of ether oxygens (including phenoxy) is 3. The maximum Gasteiger partial charge on any atom is 0.271 e. The Balaban J connectivity index is 1.79. The van der Waals surface area contributed by atoms with Crippen LogP contribution >= 0.6 is 11.8 Å². The summed E-state index contributed by atoms with van der Waals surface area (Å²) in [5.74, 6) is 1.88. The standard InChI is InChI=1S/C25H23N3O4S/c1-16-9-8-12-22(26-16)27-25-28(18-10-6-5-7-11-18)24(29)21(33-25)15-17-13-19(30-2)23(32-4)20(14-17)31-3/h5-15H,1-4H3/b21-15-,27-25+. The Morgan fingerprint density at radius 2 is 1.64 bits per heavy atom. The molecule has 0 N–H and O–H groups in total. The fourth-order valence-electron chi connectivity index (χ4n) is 3.38. The van der Waals surface area contributed by atoms with Gasteiger partial charge in [0.1, 0.15) is 0 Å². The molecule has 33 heavy (non-hydrogen) atoms. The molecule has 0 bridgehead atoms. The highest BCUT2D eigenvalue weighted by molar-refractivity contribution is 8.19. The van der Waals surface area contributed by atoms with Crippen LogP contribution < -0.4 is 19.1 Å². The first-order chi connectivity index (χ1) is 16.0. The quantitative estimate of drug-likeness (QED) is 0.469. The van der Waals surface area contributed by atoms with Crippen molar-refractivity contribution in [1.29, 1.82) is 0 Å². The van der Waals surface area contributed by atoms with E-state index < -0.39 is 0 Å². The molecule has 2 aromatic carbocycles. The summed E-state index contributed by atoms with van der Waals surface area (Å²) in [4.78, 5) is 24.7. The second-order valence-electron chi connectivity index (χ2n) is 7.08. The van der Waals surface area contributed by atoms with Gasteiger partial charge >= 0.3 is 0 Å². The van der Waals surface area contributed by atoms with Crippen LogP contribution in [0.2, 0.25) is 0 Å². The molecule has 1 saturated heterocycles. The molecule has 1 fully saturated rings. The number of nitrogens with zero attached hydrogens (tertiary/aromatic N) is 3. The van der Waals surface area contributed by atoms with Crippen molar-refractivity contribution in [2.75, 3.05) is 26.2 Å². The van der Waals surface area contributed by atoms with Crippen molar-refractivity contribution >= 4 is 40.4 Å². The number of hydrogen-bond donors (Lipinski definition) is 0. The average Bonchev–Trinajstić information content (AvgIpc) is 3.13. The lowest BCUT2D eigenvalue weighted by Gasteiger charge is -2.15. The average molecular weight is 462 g/mol. The van der Waals surface area contributed by atoms with Gasteiger partial charge in [-0.2, -0.15) is 0 Å². The van der Waals surface area contributed by atoms with Gasteiger partial charge in [-0.25, -0.2) is 9.98 Å². The van der Waals surface area contributed by atoms with Gasteiger partial charge < -0.3 is 14.2 Å². The minimum Gasteiger partial charge on any atom is -0.493 e. The van der Waals surface area contributed by atoms with Gasteiger partial charge in [-0.15, -0.1) is 0 Å². The van der Waals surface area contributed by atoms with Crippen molar-refractivity contribution in [1.82, 2.24) is 4.98 Å². The Morgan fingerprint density at radius 3 is 2.24 bits per heavy atom. The zero-order chi connectivity index (χ0) is 23.4. The molecular formula is C25H23N3O4S. The lowest BCUT2D eigenvalue weighted by atomic mass is 10.1. The third-order valence-electron chi connectivity index (χ3n) is 4.89. The van der Waals surface area contributed by atoms with E-state index in [9.17, 15) is 4.79 Å². The van der Waals surface area contributed by atoms with Crippen molar-refractivity contribution in [3.63, 3.8) is 0 Å². The predicted octanol–water partition coefficient (Wildman–Crippen LogP) is 5.22. The normalized spacial score (nSPS) is 15.9. The number of aromatic nitrogens is 1. The first kappa shape index (κ1) is 22.4. The number of thioether (sulfide) groups is 1. The van der Waals surface area contributed by atoms with Crippen molar-refractivity contribution in [3.8, 4) is 17.2 Å². The Labute approximate surface area is 196 Å². The molecule has 8 heteroatoms. The number of pyridine rings is 1. The summed E-state index contributed by atoms with van der Waals surface area (Å²) in [5, 5.41) is 0.531. The zero-order valence-corrected chi connectivity index (χ0v) is 19.6. The Kier molecular flexibility index (Phi) is 6.65. The molecule has 0 aliphatic carbocycles. The van der Waals surface area contributed by atoms with Crippen LogP contribution in [-0.2, 0) is 4.79 Å². The van der Waals surface area contributed by atoms with Crippen LogP contribution in [0.5, 0.6) is 17.2 Å². The monoisotopic (exact) mass is 461 g/mol. The first-order valence-electron chi connectivity index (χ1n) is 10.2. The van der Waals surface area contributed by atoms with E-state index in [2.05, 4.69) is 9.98 Å². The van der Waals surface area contributed by atoms with Crippen molar-refractivity contribution in [2.24, 2.45) is 4.99 Å². The highest BCUT2D eigenvalue weighted by Gasteiger charge is 2.35. The number of aryl methyl sites for hydroxylation is 1. The van der Waals surface area contributed by atoms with E-state index in [-0.39, 0.29) is 5.91 Å². The molecular weight excluding hydrogens is 438 g/mol. The van der Waals surface area contributed by atoms with Crippen LogP contribution in [0.25, 0.3) is 6.08 Å². The third-order valence-corrected chi connectivity index (χ3v) is 5.86. The number of para-hydroxylation sites is 1. The van der Waals surface area contributed by atoms with E-state index in [1.165, 1.54) is 11.8 Å². The van der Waals surface area contributed by atoms with Crippen molar-refractivity contribution in [3.05, 3.63) is 76.8 Å². The Bertz CT molecular complexity index is 1220. The number of rotatable bonds is 6. The van der Waals surface area contributed by atoms with Gasteiger partial charge in [0.15, 0.2) is 22.5 Å². The molecule has 0 atom stereocenters. The van der Waals surface area contributed by atoms with E-state index in [1.807, 2.05) is 55.5 Å². The second kappa shape index (κ2) is 9.79. The molecule has 0 spiro atoms. The number of methoxy groups -OCH3 is 3. The minimum absolute atomic E-state index is 0.175. The molecule has 0 unspecified atom stereocenters. The van der Waals surface area contributed by atoms with Gasteiger partial charge in [0.25, 0.3) is 5.91 Å². The molecule has 0 radical (unpaired) electrons. The van der Waals surface area contributed by atoms with E-state index in [0.717, 1.165) is 16.9 Å². The molecule has 1 aliphatic heterocycles. The molecule has 4 rings (SSSR count). The number of amides is 1. The number of anilines is 1. The van der Waals surface area contributed by atoms with Crippen LogP contribution in [0, 0.1) is 6.92 Å². The van der Waals surface area contributed by atoms with Gasteiger partial charge in [0.2, 0.25) is 5.75 Å². The van der Waals surface area contributed by atoms with E-state index in [1.54, 1.807) is 44.4 Å². The molecule has 1 amide bonds. The number of amidine groups is 1.